The summed E-state index contributed by atoms with van der Waals surface area (Å²) in [5.41, 5.74) is -0.109. The molecule has 2 heteroatoms. The lowest BCUT2D eigenvalue weighted by molar-refractivity contribution is -0.145. The molecule has 0 atom stereocenters. The molecule has 0 heterocycles. The summed E-state index contributed by atoms with van der Waals surface area (Å²) in [6, 6.07) is 0. The van der Waals surface area contributed by atoms with E-state index in [-0.39, 0.29) is 11.6 Å². The molecular weight excluding hydrogens is 308 g/mol. The lowest BCUT2D eigenvalue weighted by Crippen LogP contribution is -2.17. The van der Waals surface area contributed by atoms with E-state index in [4.69, 9.17) is 4.74 Å². The maximum absolute atomic E-state index is 11.3. The highest BCUT2D eigenvalue weighted by Gasteiger charge is 2.45. The Bertz CT molecular complexity index is 344. The minimum absolute atomic E-state index is 0.109. The summed E-state index contributed by atoms with van der Waals surface area (Å²) >= 11 is 0. The van der Waals surface area contributed by atoms with Gasteiger partial charge in [0.05, 0.1) is 0 Å². The van der Waals surface area contributed by atoms with Gasteiger partial charge in [0.15, 0.2) is 0 Å². The molecule has 1 saturated carbocycles. The second-order valence-corrected chi connectivity index (χ2v) is 8.01. The lowest BCUT2D eigenvalue weighted by atomic mass is 10.0. The Morgan fingerprint density at radius 2 is 1.20 bits per heavy atom. The largest absolute Gasteiger partial charge is 0.456 e. The standard InChI is InChI=1S/C23H42O2/c1-3-5-6-7-8-9-10-11-12-13-14-15-16-17-18-19-23(20-21-23)25-22(24)4-2/h4H,2-3,5-21H2,1H3. The average Bonchev–Trinajstić information content (AvgIpc) is 3.37. The molecular formula is C23H42O2. The van der Waals surface area contributed by atoms with Gasteiger partial charge in [0.2, 0.25) is 0 Å². The van der Waals surface area contributed by atoms with Crippen LogP contribution in [0.1, 0.15) is 122 Å². The summed E-state index contributed by atoms with van der Waals surface area (Å²) in [7, 11) is 0. The van der Waals surface area contributed by atoms with E-state index in [9.17, 15) is 4.79 Å². The van der Waals surface area contributed by atoms with Crippen molar-refractivity contribution in [2.75, 3.05) is 0 Å². The van der Waals surface area contributed by atoms with Gasteiger partial charge < -0.3 is 4.74 Å². The predicted octanol–water partition coefficient (Wildman–Crippen LogP) is 7.51. The molecule has 0 amide bonds. The van der Waals surface area contributed by atoms with Crippen LogP contribution in [0.15, 0.2) is 12.7 Å². The van der Waals surface area contributed by atoms with E-state index in [2.05, 4.69) is 13.5 Å². The van der Waals surface area contributed by atoms with Crippen LogP contribution in [0.5, 0.6) is 0 Å². The maximum atomic E-state index is 11.3. The van der Waals surface area contributed by atoms with Gasteiger partial charge in [-0.05, 0) is 25.7 Å². The van der Waals surface area contributed by atoms with E-state index in [1.165, 1.54) is 102 Å². The zero-order chi connectivity index (χ0) is 18.2. The monoisotopic (exact) mass is 350 g/mol. The van der Waals surface area contributed by atoms with Crippen LogP contribution in [0, 0.1) is 0 Å². The molecule has 1 fully saturated rings. The number of esters is 1. The first-order valence-corrected chi connectivity index (χ1v) is 11.1. The fourth-order valence-corrected chi connectivity index (χ4v) is 3.62. The molecule has 0 aliphatic heterocycles. The molecule has 0 aromatic carbocycles. The quantitative estimate of drug-likeness (QED) is 0.145. The number of hydrogen-bond acceptors (Lipinski definition) is 2. The summed E-state index contributed by atoms with van der Waals surface area (Å²) in [4.78, 5) is 11.3. The molecule has 1 aliphatic carbocycles. The van der Waals surface area contributed by atoms with Crippen molar-refractivity contribution in [3.8, 4) is 0 Å². The molecule has 0 bridgehead atoms. The second-order valence-electron chi connectivity index (χ2n) is 8.01. The third kappa shape index (κ3) is 12.2. The fourth-order valence-electron chi connectivity index (χ4n) is 3.62. The van der Waals surface area contributed by atoms with Gasteiger partial charge in [0, 0.05) is 6.08 Å². The van der Waals surface area contributed by atoms with Crippen LogP contribution in [0.2, 0.25) is 0 Å². The SMILES string of the molecule is C=CC(=O)OC1(CCCCCCCCCCCCCCCCC)CC1. The van der Waals surface area contributed by atoms with E-state index < -0.39 is 0 Å². The lowest BCUT2D eigenvalue weighted by Gasteiger charge is -2.15. The summed E-state index contributed by atoms with van der Waals surface area (Å²) in [6.07, 6.45) is 25.3. The van der Waals surface area contributed by atoms with Crippen LogP contribution in [-0.2, 0) is 9.53 Å². The minimum Gasteiger partial charge on any atom is -0.456 e. The number of unbranched alkanes of at least 4 members (excludes halogenated alkanes) is 14. The Morgan fingerprint density at radius 1 is 0.800 bits per heavy atom. The van der Waals surface area contributed by atoms with Gasteiger partial charge in [-0.15, -0.1) is 0 Å². The predicted molar refractivity (Wildman–Crippen MR) is 108 cm³/mol. The van der Waals surface area contributed by atoms with Crippen molar-refractivity contribution in [1.29, 1.82) is 0 Å². The van der Waals surface area contributed by atoms with Crippen LogP contribution in [0.3, 0.4) is 0 Å². The number of hydrogen-bond donors (Lipinski definition) is 0. The average molecular weight is 351 g/mol. The van der Waals surface area contributed by atoms with Crippen molar-refractivity contribution in [3.63, 3.8) is 0 Å². The molecule has 0 aromatic heterocycles. The Hall–Kier alpha value is -0.790. The van der Waals surface area contributed by atoms with Crippen molar-refractivity contribution in [2.45, 2.75) is 128 Å². The van der Waals surface area contributed by atoms with Gasteiger partial charge >= 0.3 is 5.97 Å². The van der Waals surface area contributed by atoms with E-state index >= 15 is 0 Å². The summed E-state index contributed by atoms with van der Waals surface area (Å²) in [6.45, 7) is 5.76. The Kier molecular flexibility index (Phi) is 12.8. The molecule has 25 heavy (non-hydrogen) atoms. The van der Waals surface area contributed by atoms with E-state index in [1.54, 1.807) is 0 Å². The van der Waals surface area contributed by atoms with Crippen molar-refractivity contribution in [3.05, 3.63) is 12.7 Å². The van der Waals surface area contributed by atoms with Gasteiger partial charge in [0.1, 0.15) is 5.60 Å². The van der Waals surface area contributed by atoms with Crippen LogP contribution in [0.25, 0.3) is 0 Å². The van der Waals surface area contributed by atoms with Crippen molar-refractivity contribution in [1.82, 2.24) is 0 Å². The molecule has 0 aromatic rings. The highest BCUT2D eigenvalue weighted by molar-refractivity contribution is 5.81. The number of ether oxygens (including phenoxy) is 1. The highest BCUT2D eigenvalue weighted by Crippen LogP contribution is 2.44. The van der Waals surface area contributed by atoms with Crippen molar-refractivity contribution < 1.29 is 9.53 Å². The molecule has 0 radical (unpaired) electrons. The van der Waals surface area contributed by atoms with E-state index in [0.717, 1.165) is 19.3 Å². The van der Waals surface area contributed by atoms with Gasteiger partial charge in [-0.1, -0.05) is 103 Å². The zero-order valence-electron chi connectivity index (χ0n) is 16.8. The maximum Gasteiger partial charge on any atom is 0.330 e. The number of rotatable bonds is 18. The molecule has 0 spiro atoms. The van der Waals surface area contributed by atoms with Gasteiger partial charge in [-0.2, -0.15) is 0 Å². The van der Waals surface area contributed by atoms with E-state index in [1.807, 2.05) is 0 Å². The first-order chi connectivity index (χ1) is 12.2. The molecule has 1 aliphatic rings. The number of carbonyl (C=O) groups is 1. The summed E-state index contributed by atoms with van der Waals surface area (Å²) in [5.74, 6) is -0.251. The summed E-state index contributed by atoms with van der Waals surface area (Å²) in [5, 5.41) is 0. The number of carbonyl (C=O) groups excluding carboxylic acids is 1. The van der Waals surface area contributed by atoms with Crippen molar-refractivity contribution in [2.24, 2.45) is 0 Å². The molecule has 146 valence electrons. The van der Waals surface area contributed by atoms with Gasteiger partial charge in [-0.3, -0.25) is 0 Å². The minimum atomic E-state index is -0.251. The second kappa shape index (κ2) is 14.4. The first-order valence-electron chi connectivity index (χ1n) is 11.1. The highest BCUT2D eigenvalue weighted by atomic mass is 16.6. The Morgan fingerprint density at radius 3 is 1.56 bits per heavy atom. The van der Waals surface area contributed by atoms with Crippen LogP contribution in [-0.4, -0.2) is 11.6 Å². The third-order valence-electron chi connectivity index (χ3n) is 5.53. The molecule has 0 N–H and O–H groups in total. The van der Waals surface area contributed by atoms with Crippen LogP contribution < -0.4 is 0 Å². The fraction of sp³-hybridized carbons (Fsp3) is 0.870. The third-order valence-corrected chi connectivity index (χ3v) is 5.53. The Labute approximate surface area is 156 Å². The van der Waals surface area contributed by atoms with E-state index in [0.29, 0.717) is 0 Å². The molecule has 0 unspecified atom stereocenters. The molecule has 0 saturated heterocycles. The van der Waals surface area contributed by atoms with Crippen LogP contribution in [0.4, 0.5) is 0 Å². The topological polar surface area (TPSA) is 26.3 Å². The Balaban J connectivity index is 1.76. The van der Waals surface area contributed by atoms with Gasteiger partial charge in [0.25, 0.3) is 0 Å². The normalized spacial score (nSPS) is 15.1. The first kappa shape index (κ1) is 22.3. The zero-order valence-corrected chi connectivity index (χ0v) is 16.8. The smallest absolute Gasteiger partial charge is 0.330 e. The molecule has 2 nitrogen and oxygen atoms in total. The van der Waals surface area contributed by atoms with Crippen LogP contribution >= 0.6 is 0 Å². The van der Waals surface area contributed by atoms with Gasteiger partial charge in [-0.25, -0.2) is 4.79 Å². The van der Waals surface area contributed by atoms with Crippen molar-refractivity contribution >= 4 is 5.97 Å². The summed E-state index contributed by atoms with van der Waals surface area (Å²) < 4.78 is 5.46. The molecule has 1 rings (SSSR count).